The molecule has 1 heterocycles. The van der Waals surface area contributed by atoms with E-state index in [1.54, 1.807) is 0 Å². The van der Waals surface area contributed by atoms with Crippen molar-refractivity contribution in [2.75, 3.05) is 33.7 Å². The highest BCUT2D eigenvalue weighted by Crippen LogP contribution is 2.21. The minimum absolute atomic E-state index is 0.149. The predicted molar refractivity (Wildman–Crippen MR) is 84.5 cm³/mol. The molecule has 0 spiro atoms. The molecule has 1 saturated heterocycles. The molecule has 0 aromatic heterocycles. The molecule has 0 aliphatic carbocycles. The van der Waals surface area contributed by atoms with Crippen molar-refractivity contribution in [3.63, 3.8) is 0 Å². The summed E-state index contributed by atoms with van der Waals surface area (Å²) in [5, 5.41) is 6.09. The Balaban J connectivity index is 0. The number of nitrogens with one attached hydrogen (secondary N) is 2. The van der Waals surface area contributed by atoms with Crippen LogP contribution in [0.2, 0.25) is 0 Å². The SMILES string of the molecule is CC.CCC.CCNC(=O)C1(NC)CCN(C)CC1. The second-order valence-electron chi connectivity index (χ2n) is 4.70. The molecule has 0 saturated carbocycles. The van der Waals surface area contributed by atoms with Crippen LogP contribution in [-0.2, 0) is 4.79 Å². The van der Waals surface area contributed by atoms with E-state index in [4.69, 9.17) is 0 Å². The second-order valence-corrected chi connectivity index (χ2v) is 4.70. The van der Waals surface area contributed by atoms with Crippen molar-refractivity contribution in [3.8, 4) is 0 Å². The third-order valence-electron chi connectivity index (χ3n) is 3.09. The largest absolute Gasteiger partial charge is 0.355 e. The van der Waals surface area contributed by atoms with Crippen LogP contribution in [0.3, 0.4) is 0 Å². The Bertz CT molecular complexity index is 211. The molecule has 1 aliphatic rings. The lowest BCUT2D eigenvalue weighted by atomic mass is 9.87. The molecule has 4 nitrogen and oxygen atoms in total. The van der Waals surface area contributed by atoms with E-state index in [0.29, 0.717) is 6.54 Å². The van der Waals surface area contributed by atoms with E-state index >= 15 is 0 Å². The zero-order valence-electron chi connectivity index (χ0n) is 14.1. The Morgan fingerprint density at radius 2 is 1.58 bits per heavy atom. The van der Waals surface area contributed by atoms with Crippen LogP contribution in [0.1, 0.15) is 53.9 Å². The summed E-state index contributed by atoms with van der Waals surface area (Å²) in [6.45, 7) is 12.9. The number of hydrogen-bond acceptors (Lipinski definition) is 3. The molecule has 19 heavy (non-hydrogen) atoms. The quantitative estimate of drug-likeness (QED) is 0.829. The minimum Gasteiger partial charge on any atom is -0.355 e. The number of amides is 1. The van der Waals surface area contributed by atoms with Crippen molar-refractivity contribution in [3.05, 3.63) is 0 Å². The molecule has 1 amide bonds. The van der Waals surface area contributed by atoms with Gasteiger partial charge < -0.3 is 15.5 Å². The van der Waals surface area contributed by atoms with E-state index in [-0.39, 0.29) is 11.4 Å². The number of rotatable bonds is 3. The Morgan fingerprint density at radius 3 is 1.89 bits per heavy atom. The van der Waals surface area contributed by atoms with Gasteiger partial charge in [-0.3, -0.25) is 4.79 Å². The van der Waals surface area contributed by atoms with Crippen molar-refractivity contribution in [1.82, 2.24) is 15.5 Å². The van der Waals surface area contributed by atoms with Gasteiger partial charge in [0, 0.05) is 19.6 Å². The summed E-state index contributed by atoms with van der Waals surface area (Å²) in [6.07, 6.45) is 3.04. The molecule has 0 unspecified atom stereocenters. The number of carbonyl (C=O) groups excluding carboxylic acids is 1. The van der Waals surface area contributed by atoms with Gasteiger partial charge >= 0.3 is 0 Å². The number of likely N-dealkylation sites (tertiary alicyclic amines) is 1. The molecule has 0 bridgehead atoms. The van der Waals surface area contributed by atoms with E-state index in [0.717, 1.165) is 25.9 Å². The Hall–Kier alpha value is -0.610. The van der Waals surface area contributed by atoms with E-state index in [1.807, 2.05) is 27.8 Å². The van der Waals surface area contributed by atoms with Gasteiger partial charge in [0.25, 0.3) is 0 Å². The van der Waals surface area contributed by atoms with Crippen molar-refractivity contribution >= 4 is 5.91 Å². The number of carbonyl (C=O) groups is 1. The third kappa shape index (κ3) is 7.53. The molecule has 0 radical (unpaired) electrons. The van der Waals surface area contributed by atoms with Gasteiger partial charge in [0.2, 0.25) is 5.91 Å². The van der Waals surface area contributed by atoms with Gasteiger partial charge in [0.05, 0.1) is 0 Å². The van der Waals surface area contributed by atoms with Crippen LogP contribution >= 0.6 is 0 Å². The minimum atomic E-state index is -0.331. The molecular formula is C15H35N3O. The van der Waals surface area contributed by atoms with Gasteiger partial charge in [-0.05, 0) is 33.9 Å². The topological polar surface area (TPSA) is 44.4 Å². The number of piperidine rings is 1. The molecule has 1 rings (SSSR count). The first-order chi connectivity index (χ1) is 9.06. The fourth-order valence-electron chi connectivity index (χ4n) is 1.92. The van der Waals surface area contributed by atoms with Crippen LogP contribution in [-0.4, -0.2) is 50.1 Å². The molecule has 1 aliphatic heterocycles. The fraction of sp³-hybridized carbons (Fsp3) is 0.933. The van der Waals surface area contributed by atoms with Gasteiger partial charge in [0.15, 0.2) is 0 Å². The summed E-state index contributed by atoms with van der Waals surface area (Å²) in [5.74, 6) is 0.149. The summed E-state index contributed by atoms with van der Waals surface area (Å²) in [5.41, 5.74) is -0.331. The van der Waals surface area contributed by atoms with E-state index < -0.39 is 0 Å². The summed E-state index contributed by atoms with van der Waals surface area (Å²) in [7, 11) is 3.97. The molecule has 2 N–H and O–H groups in total. The highest BCUT2D eigenvalue weighted by atomic mass is 16.2. The Labute approximate surface area is 120 Å². The van der Waals surface area contributed by atoms with Crippen molar-refractivity contribution < 1.29 is 4.79 Å². The van der Waals surface area contributed by atoms with Gasteiger partial charge in [-0.1, -0.05) is 34.1 Å². The molecule has 0 atom stereocenters. The van der Waals surface area contributed by atoms with E-state index in [1.165, 1.54) is 6.42 Å². The lowest BCUT2D eigenvalue weighted by Gasteiger charge is -2.39. The maximum Gasteiger partial charge on any atom is 0.240 e. The fourth-order valence-corrected chi connectivity index (χ4v) is 1.92. The van der Waals surface area contributed by atoms with E-state index in [9.17, 15) is 4.79 Å². The van der Waals surface area contributed by atoms with Crippen LogP contribution in [0.4, 0.5) is 0 Å². The second kappa shape index (κ2) is 12.4. The molecular weight excluding hydrogens is 238 g/mol. The number of nitrogens with zero attached hydrogens (tertiary/aromatic N) is 1. The average Bonchev–Trinajstić information content (AvgIpc) is 2.43. The average molecular weight is 273 g/mol. The summed E-state index contributed by atoms with van der Waals surface area (Å²) in [6, 6.07) is 0. The summed E-state index contributed by atoms with van der Waals surface area (Å²) < 4.78 is 0. The lowest BCUT2D eigenvalue weighted by molar-refractivity contribution is -0.129. The maximum absolute atomic E-state index is 11.9. The van der Waals surface area contributed by atoms with Crippen LogP contribution in [0, 0.1) is 0 Å². The van der Waals surface area contributed by atoms with Gasteiger partial charge in [-0.2, -0.15) is 0 Å². The van der Waals surface area contributed by atoms with Gasteiger partial charge in [-0.15, -0.1) is 0 Å². The lowest BCUT2D eigenvalue weighted by Crippen LogP contribution is -2.60. The van der Waals surface area contributed by atoms with Crippen LogP contribution < -0.4 is 10.6 Å². The Morgan fingerprint density at radius 1 is 1.16 bits per heavy atom. The standard InChI is InChI=1S/C10H21N3O.C3H8.C2H6/c1-4-12-9(14)10(11-2)5-7-13(3)8-6-10;1-3-2;1-2/h11H,4-8H2,1-3H3,(H,12,14);3H2,1-2H3;1-2H3. The molecule has 1 fully saturated rings. The summed E-state index contributed by atoms with van der Waals surface area (Å²) in [4.78, 5) is 14.1. The van der Waals surface area contributed by atoms with Crippen LogP contribution in [0.15, 0.2) is 0 Å². The normalized spacial score (nSPS) is 17.4. The predicted octanol–water partition coefficient (Wildman–Crippen LogP) is 2.25. The highest BCUT2D eigenvalue weighted by molar-refractivity contribution is 5.86. The first-order valence-electron chi connectivity index (χ1n) is 7.72. The molecule has 116 valence electrons. The van der Waals surface area contributed by atoms with Crippen molar-refractivity contribution in [1.29, 1.82) is 0 Å². The van der Waals surface area contributed by atoms with Crippen LogP contribution in [0.25, 0.3) is 0 Å². The first kappa shape index (κ1) is 20.7. The molecule has 4 heteroatoms. The first-order valence-corrected chi connectivity index (χ1v) is 7.72. The monoisotopic (exact) mass is 273 g/mol. The van der Waals surface area contributed by atoms with Gasteiger partial charge in [-0.25, -0.2) is 0 Å². The molecule has 0 aromatic rings. The third-order valence-corrected chi connectivity index (χ3v) is 3.09. The zero-order chi connectivity index (χ0) is 15.3. The van der Waals surface area contributed by atoms with Gasteiger partial charge in [0.1, 0.15) is 5.54 Å². The molecule has 0 aromatic carbocycles. The van der Waals surface area contributed by atoms with Crippen LogP contribution in [0.5, 0.6) is 0 Å². The maximum atomic E-state index is 11.9. The highest BCUT2D eigenvalue weighted by Gasteiger charge is 2.38. The van der Waals surface area contributed by atoms with Crippen molar-refractivity contribution in [2.24, 2.45) is 0 Å². The van der Waals surface area contributed by atoms with Crippen molar-refractivity contribution in [2.45, 2.75) is 59.4 Å². The zero-order valence-corrected chi connectivity index (χ0v) is 14.1. The number of likely N-dealkylation sites (N-methyl/N-ethyl adjacent to an activating group) is 2. The summed E-state index contributed by atoms with van der Waals surface area (Å²) >= 11 is 0. The smallest absolute Gasteiger partial charge is 0.240 e. The number of hydrogen-bond donors (Lipinski definition) is 2. The van der Waals surface area contributed by atoms with E-state index in [2.05, 4.69) is 36.4 Å². The Kier molecular flexibility index (Phi) is 13.5.